The number of aryl methyl sites for hydroxylation is 1. The van der Waals surface area contributed by atoms with E-state index >= 15 is 0 Å². The number of hydrogen-bond donors (Lipinski definition) is 2. The van der Waals surface area contributed by atoms with E-state index in [-0.39, 0.29) is 5.56 Å². The molecule has 0 bridgehead atoms. The number of benzene rings is 1. The summed E-state index contributed by atoms with van der Waals surface area (Å²) in [4.78, 5) is 18.0. The van der Waals surface area contributed by atoms with Gasteiger partial charge >= 0.3 is 5.97 Å². The van der Waals surface area contributed by atoms with Crippen molar-refractivity contribution in [1.29, 1.82) is 0 Å². The van der Waals surface area contributed by atoms with Gasteiger partial charge in [0.2, 0.25) is 0 Å². The molecule has 4 nitrogen and oxygen atoms in total. The van der Waals surface area contributed by atoms with Crippen LogP contribution >= 0.6 is 11.3 Å². The van der Waals surface area contributed by atoms with Crippen LogP contribution in [0, 0.1) is 6.92 Å². The Bertz CT molecular complexity index is 811. The maximum atomic E-state index is 11.2. The van der Waals surface area contributed by atoms with Crippen molar-refractivity contribution in [1.82, 2.24) is 4.98 Å². The highest BCUT2D eigenvalue weighted by Crippen LogP contribution is 2.25. The minimum atomic E-state index is -0.959. The van der Waals surface area contributed by atoms with E-state index in [1.54, 1.807) is 17.4 Å². The van der Waals surface area contributed by atoms with Crippen LogP contribution in [-0.2, 0) is 6.54 Å². The average molecular weight is 298 g/mol. The van der Waals surface area contributed by atoms with Gasteiger partial charge in [0.05, 0.1) is 12.1 Å². The monoisotopic (exact) mass is 298 g/mol. The highest BCUT2D eigenvalue weighted by molar-refractivity contribution is 7.11. The zero-order valence-electron chi connectivity index (χ0n) is 11.5. The SMILES string of the molecule is Cc1ccc(CNc2ncc(C(=O)O)c3ccccc23)s1. The summed E-state index contributed by atoms with van der Waals surface area (Å²) in [5.74, 6) is -0.249. The van der Waals surface area contributed by atoms with E-state index < -0.39 is 5.97 Å². The highest BCUT2D eigenvalue weighted by Gasteiger charge is 2.12. The quantitative estimate of drug-likeness (QED) is 0.766. The fourth-order valence-corrected chi connectivity index (χ4v) is 3.08. The van der Waals surface area contributed by atoms with Crippen molar-refractivity contribution < 1.29 is 9.90 Å². The second-order valence-electron chi connectivity index (χ2n) is 4.74. The first-order valence-electron chi connectivity index (χ1n) is 6.55. The molecule has 3 rings (SSSR count). The molecule has 0 aliphatic carbocycles. The van der Waals surface area contributed by atoms with Crippen LogP contribution in [0.15, 0.2) is 42.6 Å². The molecule has 3 aromatic rings. The molecular weight excluding hydrogens is 284 g/mol. The average Bonchev–Trinajstić information content (AvgIpc) is 2.90. The largest absolute Gasteiger partial charge is 0.478 e. The number of carboxylic acids is 1. The van der Waals surface area contributed by atoms with Crippen LogP contribution in [0.2, 0.25) is 0 Å². The molecule has 106 valence electrons. The number of pyridine rings is 1. The molecule has 0 aliphatic rings. The second-order valence-corrected chi connectivity index (χ2v) is 6.11. The van der Waals surface area contributed by atoms with Gasteiger partial charge in [-0.1, -0.05) is 24.3 Å². The second kappa shape index (κ2) is 5.54. The Morgan fingerprint density at radius 3 is 2.67 bits per heavy atom. The lowest BCUT2D eigenvalue weighted by atomic mass is 10.1. The van der Waals surface area contributed by atoms with Crippen molar-refractivity contribution in [3.8, 4) is 0 Å². The molecule has 0 unspecified atom stereocenters. The van der Waals surface area contributed by atoms with Crippen molar-refractivity contribution in [2.24, 2.45) is 0 Å². The molecule has 1 aromatic carbocycles. The maximum absolute atomic E-state index is 11.2. The lowest BCUT2D eigenvalue weighted by Gasteiger charge is -2.09. The van der Waals surface area contributed by atoms with Crippen molar-refractivity contribution in [2.75, 3.05) is 5.32 Å². The van der Waals surface area contributed by atoms with E-state index in [1.165, 1.54) is 16.0 Å². The number of anilines is 1. The smallest absolute Gasteiger partial charge is 0.337 e. The number of thiophene rings is 1. The summed E-state index contributed by atoms with van der Waals surface area (Å²) in [6.45, 7) is 2.76. The Kier molecular flexibility index (Phi) is 3.58. The van der Waals surface area contributed by atoms with E-state index in [2.05, 4.69) is 29.4 Å². The normalized spacial score (nSPS) is 10.7. The summed E-state index contributed by atoms with van der Waals surface area (Å²) in [5, 5.41) is 14.0. The predicted octanol–water partition coefficient (Wildman–Crippen LogP) is 3.92. The summed E-state index contributed by atoms with van der Waals surface area (Å²) in [6.07, 6.45) is 1.41. The Balaban J connectivity index is 1.96. The van der Waals surface area contributed by atoms with E-state index in [0.29, 0.717) is 17.7 Å². The summed E-state index contributed by atoms with van der Waals surface area (Å²) >= 11 is 1.74. The van der Waals surface area contributed by atoms with Crippen LogP contribution in [-0.4, -0.2) is 16.1 Å². The summed E-state index contributed by atoms with van der Waals surface area (Å²) in [7, 11) is 0. The van der Waals surface area contributed by atoms with Gasteiger partial charge in [-0.15, -0.1) is 11.3 Å². The van der Waals surface area contributed by atoms with Crippen LogP contribution in [0.5, 0.6) is 0 Å². The van der Waals surface area contributed by atoms with Crippen LogP contribution < -0.4 is 5.32 Å². The lowest BCUT2D eigenvalue weighted by molar-refractivity contribution is 0.0698. The van der Waals surface area contributed by atoms with Crippen molar-refractivity contribution in [3.63, 3.8) is 0 Å². The van der Waals surface area contributed by atoms with E-state index in [9.17, 15) is 9.90 Å². The van der Waals surface area contributed by atoms with Gasteiger partial charge in [-0.3, -0.25) is 0 Å². The molecule has 0 amide bonds. The van der Waals surface area contributed by atoms with E-state index in [4.69, 9.17) is 0 Å². The molecule has 21 heavy (non-hydrogen) atoms. The first-order chi connectivity index (χ1) is 10.1. The third-order valence-corrected chi connectivity index (χ3v) is 4.25. The number of rotatable bonds is 4. The van der Waals surface area contributed by atoms with E-state index in [0.717, 1.165) is 5.39 Å². The van der Waals surface area contributed by atoms with Crippen LogP contribution in [0.25, 0.3) is 10.8 Å². The van der Waals surface area contributed by atoms with Crippen LogP contribution in [0.3, 0.4) is 0 Å². The van der Waals surface area contributed by atoms with Gasteiger partial charge in [-0.25, -0.2) is 9.78 Å². The molecule has 0 saturated carbocycles. The van der Waals surface area contributed by atoms with Crippen molar-refractivity contribution >= 4 is 33.9 Å². The summed E-state index contributed by atoms with van der Waals surface area (Å²) in [5.41, 5.74) is 0.225. The molecule has 0 spiro atoms. The third kappa shape index (κ3) is 2.73. The molecule has 2 aromatic heterocycles. The first-order valence-corrected chi connectivity index (χ1v) is 7.37. The first kappa shape index (κ1) is 13.6. The van der Waals surface area contributed by atoms with Crippen molar-refractivity contribution in [2.45, 2.75) is 13.5 Å². The van der Waals surface area contributed by atoms with Gasteiger partial charge < -0.3 is 10.4 Å². The minimum Gasteiger partial charge on any atom is -0.478 e. The van der Waals surface area contributed by atoms with Gasteiger partial charge in [-0.05, 0) is 19.1 Å². The van der Waals surface area contributed by atoms with Crippen LogP contribution in [0.1, 0.15) is 20.1 Å². The fourth-order valence-electron chi connectivity index (χ4n) is 2.25. The molecule has 0 saturated heterocycles. The van der Waals surface area contributed by atoms with Crippen molar-refractivity contribution in [3.05, 3.63) is 57.9 Å². The molecule has 0 aliphatic heterocycles. The molecule has 0 fully saturated rings. The van der Waals surface area contributed by atoms with Crippen LogP contribution in [0.4, 0.5) is 5.82 Å². The molecule has 2 N–H and O–H groups in total. The highest BCUT2D eigenvalue weighted by atomic mass is 32.1. The van der Waals surface area contributed by atoms with E-state index in [1.807, 2.05) is 18.2 Å². The fraction of sp³-hybridized carbons (Fsp3) is 0.125. The lowest BCUT2D eigenvalue weighted by Crippen LogP contribution is -2.04. The topological polar surface area (TPSA) is 62.2 Å². The zero-order valence-corrected chi connectivity index (χ0v) is 12.3. The number of fused-ring (bicyclic) bond motifs is 1. The summed E-state index contributed by atoms with van der Waals surface area (Å²) in [6, 6.07) is 11.6. The van der Waals surface area contributed by atoms with Gasteiger partial charge in [0.1, 0.15) is 5.82 Å². The Labute approximate surface area is 126 Å². The minimum absolute atomic E-state index is 0.225. The zero-order chi connectivity index (χ0) is 14.8. The number of aromatic carboxylic acids is 1. The van der Waals surface area contributed by atoms with Gasteiger partial charge in [0, 0.05) is 26.7 Å². The Hall–Kier alpha value is -2.40. The molecular formula is C16H14N2O2S. The maximum Gasteiger partial charge on any atom is 0.337 e. The number of hydrogen-bond acceptors (Lipinski definition) is 4. The molecule has 2 heterocycles. The molecule has 5 heteroatoms. The number of nitrogens with zero attached hydrogens (tertiary/aromatic N) is 1. The van der Waals surface area contributed by atoms with Gasteiger partial charge in [0.15, 0.2) is 0 Å². The number of carboxylic acid groups (broad SMARTS) is 1. The standard InChI is InChI=1S/C16H14N2O2S/c1-10-6-7-11(21-10)8-17-15-13-5-3-2-4-12(13)14(9-18-15)16(19)20/h2-7,9H,8H2,1H3,(H,17,18)(H,19,20). The van der Waals surface area contributed by atoms with Gasteiger partial charge in [0.25, 0.3) is 0 Å². The number of carbonyl (C=O) groups is 1. The number of nitrogens with one attached hydrogen (secondary N) is 1. The molecule has 0 atom stereocenters. The summed E-state index contributed by atoms with van der Waals surface area (Å²) < 4.78 is 0. The number of aromatic nitrogens is 1. The molecule has 0 radical (unpaired) electrons. The third-order valence-electron chi connectivity index (χ3n) is 3.25. The van der Waals surface area contributed by atoms with Gasteiger partial charge in [-0.2, -0.15) is 0 Å². The Morgan fingerprint density at radius 2 is 2.00 bits per heavy atom. The Morgan fingerprint density at radius 1 is 1.24 bits per heavy atom. The predicted molar refractivity (Wildman–Crippen MR) is 85.1 cm³/mol.